The van der Waals surface area contributed by atoms with Crippen molar-refractivity contribution in [1.29, 1.82) is 0 Å². The van der Waals surface area contributed by atoms with Gasteiger partial charge in [0.2, 0.25) is 5.91 Å². The number of rotatable bonds is 4. The van der Waals surface area contributed by atoms with Crippen LogP contribution in [0.15, 0.2) is 0 Å². The number of primary amides is 1. The van der Waals surface area contributed by atoms with Crippen LogP contribution in [0.1, 0.15) is 26.2 Å². The maximum absolute atomic E-state index is 11.9. The normalized spacial score (nSPS) is 21.0. The third kappa shape index (κ3) is 3.61. The van der Waals surface area contributed by atoms with Crippen molar-refractivity contribution in [2.45, 2.75) is 38.3 Å². The van der Waals surface area contributed by atoms with Crippen LogP contribution in [-0.4, -0.2) is 46.5 Å². The molecule has 17 heavy (non-hydrogen) atoms. The summed E-state index contributed by atoms with van der Waals surface area (Å²) in [5, 5.41) is 11.0. The van der Waals surface area contributed by atoms with Crippen molar-refractivity contribution in [2.24, 2.45) is 5.73 Å². The zero-order valence-corrected chi connectivity index (χ0v) is 9.68. The molecule has 1 heterocycles. The first-order valence-electron chi connectivity index (χ1n) is 5.50. The van der Waals surface area contributed by atoms with E-state index in [1.165, 1.54) is 11.8 Å². The van der Waals surface area contributed by atoms with Gasteiger partial charge in [0.15, 0.2) is 0 Å². The number of nitrogens with zero attached hydrogens (tertiary/aromatic N) is 1. The van der Waals surface area contributed by atoms with Crippen LogP contribution in [0.5, 0.6) is 0 Å². The van der Waals surface area contributed by atoms with Gasteiger partial charge in [-0.1, -0.05) is 0 Å². The lowest BCUT2D eigenvalue weighted by molar-refractivity contribution is -0.140. The van der Waals surface area contributed by atoms with Crippen LogP contribution >= 0.6 is 0 Å². The molecule has 4 N–H and O–H groups in total. The van der Waals surface area contributed by atoms with Gasteiger partial charge in [-0.25, -0.2) is 4.79 Å². The number of likely N-dealkylation sites (tertiary alicyclic amines) is 1. The summed E-state index contributed by atoms with van der Waals surface area (Å²) >= 11 is 0. The second-order valence-electron chi connectivity index (χ2n) is 4.16. The summed E-state index contributed by atoms with van der Waals surface area (Å²) in [5.41, 5.74) is 4.93. The van der Waals surface area contributed by atoms with Gasteiger partial charge in [-0.2, -0.15) is 0 Å². The smallest absolute Gasteiger partial charge is 0.312 e. The highest BCUT2D eigenvalue weighted by Crippen LogP contribution is 2.20. The van der Waals surface area contributed by atoms with Gasteiger partial charge in [0.25, 0.3) is 0 Å². The summed E-state index contributed by atoms with van der Waals surface area (Å²) < 4.78 is 0. The van der Waals surface area contributed by atoms with Crippen molar-refractivity contribution < 1.29 is 19.5 Å². The lowest BCUT2D eigenvalue weighted by Crippen LogP contribution is -2.50. The number of nitrogens with two attached hydrogens (primary N) is 1. The fourth-order valence-corrected chi connectivity index (χ4v) is 2.06. The molecule has 0 aliphatic carbocycles. The SMILES string of the molecule is CC(NC(N)=O)C(=O)N1CCCC1CC(=O)O. The Morgan fingerprint density at radius 2 is 2.18 bits per heavy atom. The van der Waals surface area contributed by atoms with Crippen LogP contribution in [0, 0.1) is 0 Å². The van der Waals surface area contributed by atoms with Crippen molar-refractivity contribution in [3.05, 3.63) is 0 Å². The van der Waals surface area contributed by atoms with E-state index in [4.69, 9.17) is 10.8 Å². The Kier molecular flexibility index (Phi) is 4.30. The third-order valence-electron chi connectivity index (χ3n) is 2.80. The summed E-state index contributed by atoms with van der Waals surface area (Å²) in [6.45, 7) is 2.06. The number of carbonyl (C=O) groups is 3. The molecule has 2 atom stereocenters. The fraction of sp³-hybridized carbons (Fsp3) is 0.700. The Labute approximate surface area is 98.9 Å². The van der Waals surface area contributed by atoms with Gasteiger partial charge in [-0.15, -0.1) is 0 Å². The molecule has 1 aliphatic heterocycles. The van der Waals surface area contributed by atoms with Gasteiger partial charge in [0, 0.05) is 12.6 Å². The minimum absolute atomic E-state index is 0.0605. The number of hydrogen-bond acceptors (Lipinski definition) is 3. The standard InChI is InChI=1S/C10H17N3O4/c1-6(12-10(11)17)9(16)13-4-2-3-7(13)5-8(14)15/h6-7H,2-5H2,1H3,(H,14,15)(H3,11,12,17). The monoisotopic (exact) mass is 243 g/mol. The number of carboxylic acid groups (broad SMARTS) is 1. The van der Waals surface area contributed by atoms with Crippen molar-refractivity contribution >= 4 is 17.9 Å². The Morgan fingerprint density at radius 1 is 1.53 bits per heavy atom. The molecule has 96 valence electrons. The summed E-state index contributed by atoms with van der Waals surface area (Å²) in [5.74, 6) is -1.21. The molecule has 0 saturated carbocycles. The van der Waals surface area contributed by atoms with E-state index < -0.39 is 18.0 Å². The average Bonchev–Trinajstić information content (AvgIpc) is 2.62. The maximum Gasteiger partial charge on any atom is 0.312 e. The molecule has 0 aromatic heterocycles. The molecule has 0 bridgehead atoms. The Balaban J connectivity index is 2.60. The van der Waals surface area contributed by atoms with Crippen molar-refractivity contribution in [1.82, 2.24) is 10.2 Å². The minimum atomic E-state index is -0.926. The van der Waals surface area contributed by atoms with Gasteiger partial charge < -0.3 is 21.1 Å². The summed E-state index contributed by atoms with van der Waals surface area (Å²) in [6.07, 6.45) is 1.41. The summed E-state index contributed by atoms with van der Waals surface area (Å²) in [6, 6.07) is -1.76. The molecule has 1 saturated heterocycles. The van der Waals surface area contributed by atoms with Gasteiger partial charge >= 0.3 is 12.0 Å². The zero-order valence-electron chi connectivity index (χ0n) is 9.68. The molecule has 3 amide bonds. The van der Waals surface area contributed by atoms with E-state index in [0.717, 1.165) is 6.42 Å². The van der Waals surface area contributed by atoms with E-state index in [9.17, 15) is 14.4 Å². The van der Waals surface area contributed by atoms with Crippen molar-refractivity contribution in [3.63, 3.8) is 0 Å². The summed E-state index contributed by atoms with van der Waals surface area (Å²) in [4.78, 5) is 34.7. The second kappa shape index (κ2) is 5.51. The van der Waals surface area contributed by atoms with E-state index in [-0.39, 0.29) is 18.4 Å². The molecular formula is C10H17N3O4. The zero-order chi connectivity index (χ0) is 13.0. The minimum Gasteiger partial charge on any atom is -0.481 e. The summed E-state index contributed by atoms with van der Waals surface area (Å²) in [7, 11) is 0. The van der Waals surface area contributed by atoms with E-state index in [2.05, 4.69) is 5.32 Å². The van der Waals surface area contributed by atoms with Gasteiger partial charge in [-0.3, -0.25) is 9.59 Å². The Hall–Kier alpha value is -1.79. The first-order chi connectivity index (χ1) is 7.91. The number of hydrogen-bond donors (Lipinski definition) is 3. The van der Waals surface area contributed by atoms with Gasteiger partial charge in [0.05, 0.1) is 6.42 Å². The molecule has 0 radical (unpaired) electrons. The number of urea groups is 1. The first-order valence-corrected chi connectivity index (χ1v) is 5.50. The lowest BCUT2D eigenvalue weighted by atomic mass is 10.1. The van der Waals surface area contributed by atoms with E-state index >= 15 is 0 Å². The number of carbonyl (C=O) groups excluding carboxylic acids is 2. The number of aliphatic carboxylic acids is 1. The molecule has 2 unspecified atom stereocenters. The quantitative estimate of drug-likeness (QED) is 0.618. The van der Waals surface area contributed by atoms with Crippen LogP contribution in [0.2, 0.25) is 0 Å². The van der Waals surface area contributed by atoms with Crippen molar-refractivity contribution in [3.8, 4) is 0 Å². The molecular weight excluding hydrogens is 226 g/mol. The molecule has 1 rings (SSSR count). The highest BCUT2D eigenvalue weighted by molar-refractivity contribution is 5.87. The largest absolute Gasteiger partial charge is 0.481 e. The highest BCUT2D eigenvalue weighted by Gasteiger charge is 2.32. The van der Waals surface area contributed by atoms with Gasteiger partial charge in [-0.05, 0) is 19.8 Å². The molecule has 7 heteroatoms. The molecule has 1 aliphatic rings. The molecule has 1 fully saturated rings. The van der Waals surface area contributed by atoms with Crippen LogP contribution in [0.25, 0.3) is 0 Å². The number of amides is 3. The van der Waals surface area contributed by atoms with Crippen LogP contribution in [0.3, 0.4) is 0 Å². The van der Waals surface area contributed by atoms with E-state index in [1.807, 2.05) is 0 Å². The number of carboxylic acids is 1. The van der Waals surface area contributed by atoms with E-state index in [0.29, 0.717) is 13.0 Å². The fourth-order valence-electron chi connectivity index (χ4n) is 2.06. The maximum atomic E-state index is 11.9. The molecule has 0 aromatic carbocycles. The highest BCUT2D eigenvalue weighted by atomic mass is 16.4. The number of nitrogens with one attached hydrogen (secondary N) is 1. The van der Waals surface area contributed by atoms with Crippen LogP contribution in [-0.2, 0) is 9.59 Å². The predicted molar refractivity (Wildman–Crippen MR) is 59.2 cm³/mol. The van der Waals surface area contributed by atoms with Crippen LogP contribution < -0.4 is 11.1 Å². The van der Waals surface area contributed by atoms with E-state index in [1.54, 1.807) is 0 Å². The Bertz CT molecular complexity index is 332. The topological polar surface area (TPSA) is 113 Å². The second-order valence-corrected chi connectivity index (χ2v) is 4.16. The van der Waals surface area contributed by atoms with Gasteiger partial charge in [0.1, 0.15) is 6.04 Å². The van der Waals surface area contributed by atoms with Crippen molar-refractivity contribution in [2.75, 3.05) is 6.54 Å². The first kappa shape index (κ1) is 13.3. The predicted octanol–water partition coefficient (Wildman–Crippen LogP) is -0.491. The van der Waals surface area contributed by atoms with Crippen LogP contribution in [0.4, 0.5) is 4.79 Å². The molecule has 7 nitrogen and oxygen atoms in total. The lowest BCUT2D eigenvalue weighted by Gasteiger charge is -2.26. The molecule has 0 aromatic rings. The average molecular weight is 243 g/mol. The Morgan fingerprint density at radius 3 is 2.71 bits per heavy atom. The third-order valence-corrected chi connectivity index (χ3v) is 2.80. The molecule has 0 spiro atoms.